The van der Waals surface area contributed by atoms with Gasteiger partial charge in [0, 0.05) is 30.8 Å². The van der Waals surface area contributed by atoms with Crippen LogP contribution in [0.3, 0.4) is 0 Å². The first-order chi connectivity index (χ1) is 15.2. The second-order valence-electron chi connectivity index (χ2n) is 7.18. The number of carbonyl (C=O) groups is 1. The molecule has 0 saturated carbocycles. The number of aromatic nitrogens is 2. The Morgan fingerprint density at radius 1 is 1.06 bits per heavy atom. The molecule has 1 atom stereocenters. The van der Waals surface area contributed by atoms with Crippen molar-refractivity contribution in [2.75, 3.05) is 18.4 Å². The zero-order chi connectivity index (χ0) is 22.9. The Balaban J connectivity index is 1.48. The summed E-state index contributed by atoms with van der Waals surface area (Å²) in [5.74, 6) is -3.29. The predicted molar refractivity (Wildman–Crippen MR) is 111 cm³/mol. The van der Waals surface area contributed by atoms with Crippen LogP contribution in [0.5, 0.6) is 0 Å². The highest BCUT2D eigenvalue weighted by Gasteiger charge is 2.34. The summed E-state index contributed by atoms with van der Waals surface area (Å²) in [5, 5.41) is 11.1. The molecule has 1 N–H and O–H groups in total. The number of anilines is 1. The molecule has 168 valence electrons. The van der Waals surface area contributed by atoms with Crippen molar-refractivity contribution in [3.05, 3.63) is 69.9 Å². The Labute approximate surface area is 186 Å². The van der Waals surface area contributed by atoms with E-state index in [2.05, 4.69) is 15.5 Å². The van der Waals surface area contributed by atoms with Gasteiger partial charge in [0.2, 0.25) is 15.0 Å². The summed E-state index contributed by atoms with van der Waals surface area (Å²) in [6.45, 7) is 0.222. The molecule has 12 heteroatoms. The number of nitrogens with zero attached hydrogens (tertiary/aromatic N) is 3. The van der Waals surface area contributed by atoms with Crippen LogP contribution in [0, 0.1) is 17.5 Å². The van der Waals surface area contributed by atoms with E-state index in [0.29, 0.717) is 29.6 Å². The Morgan fingerprint density at radius 2 is 1.78 bits per heavy atom. The van der Waals surface area contributed by atoms with Gasteiger partial charge in [0.25, 0.3) is 5.91 Å². The van der Waals surface area contributed by atoms with Crippen molar-refractivity contribution in [3.8, 4) is 0 Å². The average molecular weight is 483 g/mol. The van der Waals surface area contributed by atoms with E-state index >= 15 is 0 Å². The average Bonchev–Trinajstić information content (AvgIpc) is 3.26. The van der Waals surface area contributed by atoms with Crippen LogP contribution in [0.15, 0.2) is 47.4 Å². The lowest BCUT2D eigenvalue weighted by Gasteiger charge is -2.30. The minimum absolute atomic E-state index is 0.0351. The second kappa shape index (κ2) is 8.96. The van der Waals surface area contributed by atoms with Gasteiger partial charge in [0.05, 0.1) is 0 Å². The van der Waals surface area contributed by atoms with Gasteiger partial charge in [-0.05, 0) is 49.2 Å². The van der Waals surface area contributed by atoms with Crippen LogP contribution < -0.4 is 5.32 Å². The van der Waals surface area contributed by atoms with E-state index < -0.39 is 38.3 Å². The molecule has 1 saturated heterocycles. The van der Waals surface area contributed by atoms with Gasteiger partial charge in [-0.1, -0.05) is 11.3 Å². The lowest BCUT2D eigenvalue weighted by molar-refractivity contribution is 0.102. The molecule has 0 radical (unpaired) electrons. The van der Waals surface area contributed by atoms with Gasteiger partial charge in [-0.3, -0.25) is 4.79 Å². The van der Waals surface area contributed by atoms with Crippen LogP contribution in [0.4, 0.5) is 18.9 Å². The molecule has 0 aliphatic carbocycles. The number of sulfonamides is 1. The lowest BCUT2D eigenvalue weighted by Crippen LogP contribution is -2.39. The molecule has 0 spiro atoms. The number of halogens is 3. The van der Waals surface area contributed by atoms with Crippen molar-refractivity contribution in [3.63, 3.8) is 0 Å². The fraction of sp³-hybridized carbons (Fsp3) is 0.250. The van der Waals surface area contributed by atoms with Gasteiger partial charge >= 0.3 is 0 Å². The molecule has 0 unspecified atom stereocenters. The van der Waals surface area contributed by atoms with Crippen molar-refractivity contribution in [2.45, 2.75) is 23.7 Å². The molecular weight excluding hydrogens is 465 g/mol. The van der Waals surface area contributed by atoms with Crippen molar-refractivity contribution >= 4 is 33.0 Å². The zero-order valence-corrected chi connectivity index (χ0v) is 18.1. The summed E-state index contributed by atoms with van der Waals surface area (Å²) < 4.78 is 67.1. The Kier molecular flexibility index (Phi) is 6.26. The first-order valence-electron chi connectivity index (χ1n) is 9.59. The molecular formula is C20H17F3N4O3S2. The molecule has 0 bridgehead atoms. The fourth-order valence-electron chi connectivity index (χ4n) is 3.39. The molecule has 32 heavy (non-hydrogen) atoms. The van der Waals surface area contributed by atoms with Crippen molar-refractivity contribution in [2.24, 2.45) is 0 Å². The van der Waals surface area contributed by atoms with Crippen molar-refractivity contribution in [1.82, 2.24) is 14.5 Å². The first kappa shape index (κ1) is 22.4. The number of hydrogen-bond donors (Lipinski definition) is 1. The van der Waals surface area contributed by atoms with E-state index in [1.165, 1.54) is 24.3 Å². The predicted octanol–water partition coefficient (Wildman–Crippen LogP) is 3.78. The number of benzene rings is 2. The molecule has 2 aromatic carbocycles. The summed E-state index contributed by atoms with van der Waals surface area (Å²) in [5.41, 5.74) is 0.393. The Morgan fingerprint density at radius 3 is 2.50 bits per heavy atom. The fourth-order valence-corrected chi connectivity index (χ4v) is 5.83. The number of piperidine rings is 1. The molecule has 1 fully saturated rings. The van der Waals surface area contributed by atoms with Crippen LogP contribution >= 0.6 is 11.3 Å². The largest absolute Gasteiger partial charge is 0.320 e. The monoisotopic (exact) mass is 482 g/mol. The molecule has 1 aliphatic rings. The van der Waals surface area contributed by atoms with Crippen LogP contribution in [-0.2, 0) is 10.0 Å². The van der Waals surface area contributed by atoms with Gasteiger partial charge in [0.1, 0.15) is 27.4 Å². The zero-order valence-electron chi connectivity index (χ0n) is 16.5. The smallest absolute Gasteiger partial charge is 0.286 e. The third-order valence-electron chi connectivity index (χ3n) is 4.98. The van der Waals surface area contributed by atoms with Crippen LogP contribution in [0.1, 0.15) is 33.6 Å². The summed E-state index contributed by atoms with van der Waals surface area (Å²) in [6.07, 6.45) is 1.12. The minimum Gasteiger partial charge on any atom is -0.320 e. The van der Waals surface area contributed by atoms with E-state index in [0.717, 1.165) is 27.8 Å². The van der Waals surface area contributed by atoms with Crippen LogP contribution in [-0.4, -0.2) is 41.9 Å². The van der Waals surface area contributed by atoms with E-state index in [-0.39, 0.29) is 24.0 Å². The lowest BCUT2D eigenvalue weighted by atomic mass is 10.0. The third-order valence-corrected chi connectivity index (χ3v) is 7.96. The molecule has 1 aromatic heterocycles. The van der Waals surface area contributed by atoms with E-state index in [4.69, 9.17) is 0 Å². The maximum atomic E-state index is 14.1. The molecule has 1 amide bonds. The van der Waals surface area contributed by atoms with Crippen molar-refractivity contribution < 1.29 is 26.4 Å². The molecule has 2 heterocycles. The van der Waals surface area contributed by atoms with E-state index in [1.807, 2.05) is 0 Å². The molecule has 7 nitrogen and oxygen atoms in total. The van der Waals surface area contributed by atoms with Gasteiger partial charge in [0.15, 0.2) is 0 Å². The first-order valence-corrected chi connectivity index (χ1v) is 11.9. The molecule has 1 aliphatic heterocycles. The number of nitrogens with one attached hydrogen (secondary N) is 1. The normalized spacial score (nSPS) is 17.3. The maximum Gasteiger partial charge on any atom is 0.286 e. The number of carbonyl (C=O) groups excluding carboxylic acids is 1. The summed E-state index contributed by atoms with van der Waals surface area (Å²) >= 11 is 1.03. The maximum absolute atomic E-state index is 14.1. The Hall–Kier alpha value is -2.83. The van der Waals surface area contributed by atoms with Gasteiger partial charge in [-0.15, -0.1) is 10.2 Å². The summed E-state index contributed by atoms with van der Waals surface area (Å²) in [6, 6.07) is 7.58. The molecule has 3 aromatic rings. The summed E-state index contributed by atoms with van der Waals surface area (Å²) in [4.78, 5) is 11.8. The van der Waals surface area contributed by atoms with E-state index in [9.17, 15) is 26.4 Å². The number of hydrogen-bond acceptors (Lipinski definition) is 6. The van der Waals surface area contributed by atoms with E-state index in [1.54, 1.807) is 0 Å². The van der Waals surface area contributed by atoms with Gasteiger partial charge in [-0.2, -0.15) is 4.31 Å². The topological polar surface area (TPSA) is 92.3 Å². The highest BCUT2D eigenvalue weighted by molar-refractivity contribution is 7.89. The second-order valence-corrected chi connectivity index (χ2v) is 10.1. The Bertz CT molecular complexity index is 1250. The van der Waals surface area contributed by atoms with Crippen LogP contribution in [0.2, 0.25) is 0 Å². The standard InChI is InChI=1S/C20H17F3N4O3S2/c21-13-3-6-15(7-4-13)24-18(28)20-26-25-19(31-20)12-2-1-9-27(11-12)32(29,30)17-8-5-14(22)10-16(17)23/h3-8,10,12H,1-2,9,11H2,(H,24,28)/t12-/m1/s1. The summed E-state index contributed by atoms with van der Waals surface area (Å²) in [7, 11) is -4.17. The molecule has 4 rings (SSSR count). The third kappa shape index (κ3) is 4.66. The number of amides is 1. The van der Waals surface area contributed by atoms with Crippen LogP contribution in [0.25, 0.3) is 0 Å². The number of rotatable bonds is 5. The van der Waals surface area contributed by atoms with Gasteiger partial charge in [-0.25, -0.2) is 21.6 Å². The highest BCUT2D eigenvalue weighted by Crippen LogP contribution is 2.32. The highest BCUT2D eigenvalue weighted by atomic mass is 32.2. The van der Waals surface area contributed by atoms with Crippen molar-refractivity contribution in [1.29, 1.82) is 0 Å². The quantitative estimate of drug-likeness (QED) is 0.598. The minimum atomic E-state index is -4.17. The van der Waals surface area contributed by atoms with Gasteiger partial charge < -0.3 is 5.32 Å². The SMILES string of the molecule is O=C(Nc1ccc(F)cc1)c1nnc([C@@H]2CCCN(S(=O)(=O)c3ccc(F)cc3F)C2)s1.